The third kappa shape index (κ3) is 3.80. The predicted molar refractivity (Wildman–Crippen MR) is 122 cm³/mol. The topological polar surface area (TPSA) is 63.4 Å². The highest BCUT2D eigenvalue weighted by Crippen LogP contribution is 2.31. The van der Waals surface area contributed by atoms with Gasteiger partial charge in [0.05, 0.1) is 17.3 Å². The monoisotopic (exact) mass is 394 g/mol. The zero-order chi connectivity index (χ0) is 20.9. The molecule has 1 atom stereocenters. The molecule has 1 amide bonds. The van der Waals surface area contributed by atoms with Crippen molar-refractivity contribution in [1.29, 1.82) is 0 Å². The maximum absolute atomic E-state index is 13.7. The van der Waals surface area contributed by atoms with Gasteiger partial charge < -0.3 is 10.5 Å². The van der Waals surface area contributed by atoms with Crippen LogP contribution in [0.3, 0.4) is 0 Å². The summed E-state index contributed by atoms with van der Waals surface area (Å²) >= 11 is 0. The van der Waals surface area contributed by atoms with E-state index in [0.717, 1.165) is 22.6 Å². The largest absolute Gasteiger partial charge is 0.398 e. The van der Waals surface area contributed by atoms with Gasteiger partial charge in [-0.1, -0.05) is 78.9 Å². The molecule has 4 nitrogen and oxygen atoms in total. The van der Waals surface area contributed by atoms with Crippen LogP contribution in [0.25, 0.3) is 10.8 Å². The van der Waals surface area contributed by atoms with Crippen molar-refractivity contribution in [3.63, 3.8) is 0 Å². The van der Waals surface area contributed by atoms with Gasteiger partial charge in [-0.2, -0.15) is 0 Å². The number of carbonyl (C=O) groups is 2. The van der Waals surface area contributed by atoms with Gasteiger partial charge in [0.25, 0.3) is 5.91 Å². The van der Waals surface area contributed by atoms with Crippen LogP contribution in [-0.2, 0) is 11.2 Å². The Labute approximate surface area is 175 Å². The van der Waals surface area contributed by atoms with Crippen molar-refractivity contribution in [2.75, 3.05) is 10.6 Å². The number of para-hydroxylation sites is 1. The van der Waals surface area contributed by atoms with Crippen molar-refractivity contribution >= 4 is 34.3 Å². The van der Waals surface area contributed by atoms with Gasteiger partial charge in [0, 0.05) is 17.5 Å². The lowest BCUT2D eigenvalue weighted by atomic mass is 10.0. The molecular weight excluding hydrogens is 372 g/mol. The molecule has 148 valence electrons. The average Bonchev–Trinajstić information content (AvgIpc) is 2.79. The van der Waals surface area contributed by atoms with Gasteiger partial charge in [-0.05, 0) is 29.1 Å². The Balaban J connectivity index is 1.87. The molecule has 4 aromatic carbocycles. The predicted octanol–water partition coefficient (Wildman–Crippen LogP) is 4.88. The Morgan fingerprint density at radius 3 is 2.27 bits per heavy atom. The third-order valence-electron chi connectivity index (χ3n) is 5.21. The second-order valence-electron chi connectivity index (χ2n) is 7.15. The smallest absolute Gasteiger partial charge is 0.261 e. The van der Waals surface area contributed by atoms with E-state index in [-0.39, 0.29) is 5.91 Å². The van der Waals surface area contributed by atoms with Gasteiger partial charge >= 0.3 is 0 Å². The first-order valence-corrected chi connectivity index (χ1v) is 9.84. The Kier molecular flexibility index (Phi) is 5.57. The van der Waals surface area contributed by atoms with Crippen molar-refractivity contribution in [2.45, 2.75) is 12.5 Å². The van der Waals surface area contributed by atoms with E-state index in [1.165, 1.54) is 0 Å². The van der Waals surface area contributed by atoms with Gasteiger partial charge in [0.1, 0.15) is 6.29 Å². The van der Waals surface area contributed by atoms with Crippen LogP contribution >= 0.6 is 0 Å². The number of amides is 1. The first kappa shape index (κ1) is 19.4. The Morgan fingerprint density at radius 2 is 1.50 bits per heavy atom. The highest BCUT2D eigenvalue weighted by molar-refractivity contribution is 6.14. The number of anilines is 2. The highest BCUT2D eigenvalue weighted by atomic mass is 16.2. The molecule has 0 aromatic heterocycles. The van der Waals surface area contributed by atoms with Crippen LogP contribution in [0.5, 0.6) is 0 Å². The average molecular weight is 394 g/mol. The Bertz CT molecular complexity index is 1180. The molecule has 0 saturated heterocycles. The molecule has 0 radical (unpaired) electrons. The van der Waals surface area contributed by atoms with Crippen molar-refractivity contribution in [2.24, 2.45) is 0 Å². The molecule has 4 heteroatoms. The maximum Gasteiger partial charge on any atom is 0.261 e. The number of nitrogens with two attached hydrogens (primary N) is 1. The van der Waals surface area contributed by atoms with Crippen LogP contribution in [0.1, 0.15) is 15.9 Å². The molecule has 30 heavy (non-hydrogen) atoms. The van der Waals surface area contributed by atoms with Crippen LogP contribution in [0.15, 0.2) is 97.1 Å². The minimum Gasteiger partial charge on any atom is -0.398 e. The number of hydrogen-bond acceptors (Lipinski definition) is 3. The van der Waals surface area contributed by atoms with Crippen LogP contribution in [0.4, 0.5) is 11.4 Å². The quantitative estimate of drug-likeness (QED) is 0.374. The summed E-state index contributed by atoms with van der Waals surface area (Å²) < 4.78 is 0. The van der Waals surface area contributed by atoms with E-state index in [1.54, 1.807) is 29.2 Å². The summed E-state index contributed by atoms with van der Waals surface area (Å²) in [6.07, 6.45) is 1.25. The lowest BCUT2D eigenvalue weighted by molar-refractivity contribution is -0.108. The standard InChI is InChI=1S/C26H22N2O2/c27-24-15-7-6-14-23(24)26(30)28(21(18-29)17-19-9-2-1-3-10-19)25-16-8-12-20-11-4-5-13-22(20)25/h1-16,18,21H,17,27H2. The zero-order valence-corrected chi connectivity index (χ0v) is 16.4. The van der Waals surface area contributed by atoms with E-state index in [9.17, 15) is 9.59 Å². The van der Waals surface area contributed by atoms with E-state index >= 15 is 0 Å². The molecule has 2 N–H and O–H groups in total. The molecular formula is C26H22N2O2. The van der Waals surface area contributed by atoms with Crippen molar-refractivity contribution in [3.05, 3.63) is 108 Å². The molecule has 1 unspecified atom stereocenters. The minimum absolute atomic E-state index is 0.294. The number of nitrogens with zero attached hydrogens (tertiary/aromatic N) is 1. The maximum atomic E-state index is 13.7. The van der Waals surface area contributed by atoms with Gasteiger partial charge in [0.15, 0.2) is 0 Å². The number of hydrogen-bond donors (Lipinski definition) is 1. The summed E-state index contributed by atoms with van der Waals surface area (Å²) in [7, 11) is 0. The zero-order valence-electron chi connectivity index (χ0n) is 16.4. The fraction of sp³-hybridized carbons (Fsp3) is 0.0769. The van der Waals surface area contributed by atoms with Crippen LogP contribution in [0, 0.1) is 0 Å². The van der Waals surface area contributed by atoms with Crippen LogP contribution in [0.2, 0.25) is 0 Å². The Morgan fingerprint density at radius 1 is 0.833 bits per heavy atom. The molecule has 0 saturated carbocycles. The van der Waals surface area contributed by atoms with Gasteiger partial charge in [-0.3, -0.25) is 9.69 Å². The number of aldehydes is 1. The summed E-state index contributed by atoms with van der Waals surface area (Å²) in [5.74, 6) is -0.294. The van der Waals surface area contributed by atoms with E-state index in [4.69, 9.17) is 5.73 Å². The molecule has 0 bridgehead atoms. The number of carbonyl (C=O) groups excluding carboxylic acids is 2. The SMILES string of the molecule is Nc1ccccc1C(=O)N(c1cccc2ccccc12)C(C=O)Cc1ccccc1. The lowest BCUT2D eigenvalue weighted by Gasteiger charge is -2.30. The lowest BCUT2D eigenvalue weighted by Crippen LogP contribution is -2.43. The first-order chi connectivity index (χ1) is 14.7. The number of rotatable bonds is 6. The van der Waals surface area contributed by atoms with Gasteiger partial charge in [-0.25, -0.2) is 0 Å². The third-order valence-corrected chi connectivity index (χ3v) is 5.21. The van der Waals surface area contributed by atoms with Crippen LogP contribution in [-0.4, -0.2) is 18.2 Å². The molecule has 0 aliphatic carbocycles. The van der Waals surface area contributed by atoms with Crippen molar-refractivity contribution < 1.29 is 9.59 Å². The molecule has 0 spiro atoms. The molecule has 4 rings (SSSR count). The van der Waals surface area contributed by atoms with E-state index in [1.807, 2.05) is 72.8 Å². The summed E-state index contributed by atoms with van der Waals surface area (Å²) in [6.45, 7) is 0. The Hall–Kier alpha value is -3.92. The second kappa shape index (κ2) is 8.62. The summed E-state index contributed by atoms with van der Waals surface area (Å²) in [6, 6.07) is 29.6. The normalized spacial score (nSPS) is 11.7. The van der Waals surface area contributed by atoms with Crippen molar-refractivity contribution in [1.82, 2.24) is 0 Å². The van der Waals surface area contributed by atoms with E-state index < -0.39 is 6.04 Å². The molecule has 0 heterocycles. The molecule has 0 aliphatic heterocycles. The molecule has 4 aromatic rings. The minimum atomic E-state index is -0.676. The number of nitrogen functional groups attached to an aromatic ring is 1. The fourth-order valence-electron chi connectivity index (χ4n) is 3.73. The summed E-state index contributed by atoms with van der Waals surface area (Å²) in [5, 5.41) is 1.90. The van der Waals surface area contributed by atoms with Gasteiger partial charge in [0.2, 0.25) is 0 Å². The van der Waals surface area contributed by atoms with E-state index in [0.29, 0.717) is 23.4 Å². The van der Waals surface area contributed by atoms with Gasteiger partial charge in [-0.15, -0.1) is 0 Å². The van der Waals surface area contributed by atoms with Crippen molar-refractivity contribution in [3.8, 4) is 0 Å². The van der Waals surface area contributed by atoms with E-state index in [2.05, 4.69) is 0 Å². The molecule has 0 aliphatic rings. The fourth-order valence-corrected chi connectivity index (χ4v) is 3.73. The number of benzene rings is 4. The number of fused-ring (bicyclic) bond motifs is 1. The van der Waals surface area contributed by atoms with Crippen LogP contribution < -0.4 is 10.6 Å². The molecule has 0 fully saturated rings. The summed E-state index contributed by atoms with van der Waals surface area (Å²) in [4.78, 5) is 27.5. The first-order valence-electron chi connectivity index (χ1n) is 9.84. The highest BCUT2D eigenvalue weighted by Gasteiger charge is 2.28. The second-order valence-corrected chi connectivity index (χ2v) is 7.15. The summed E-state index contributed by atoms with van der Waals surface area (Å²) in [5.41, 5.74) is 8.54.